The normalized spacial score (nSPS) is 11.4. The monoisotopic (exact) mass is 395 g/mol. The van der Waals surface area contributed by atoms with Gasteiger partial charge >= 0.3 is 6.09 Å². The number of carboxylic acid groups (broad SMARTS) is 1. The van der Waals surface area contributed by atoms with Crippen molar-refractivity contribution in [3.8, 4) is 21.8 Å². The van der Waals surface area contributed by atoms with Crippen molar-refractivity contribution in [2.24, 2.45) is 0 Å². The van der Waals surface area contributed by atoms with Gasteiger partial charge in [-0.25, -0.2) is 9.78 Å². The summed E-state index contributed by atoms with van der Waals surface area (Å²) in [5, 5.41) is 12.5. The standard InChI is InChI=1S/C22H25N3O2S/c1-5-6-17-13-16(11-12-23-17)20-24-19(14-28-20)15-7-9-18(10-8-15)25(21(26)27)22(2,3)4/h7-14H,5-6H2,1-4H3,(H,26,27). The molecule has 0 unspecified atom stereocenters. The highest BCUT2D eigenvalue weighted by Gasteiger charge is 2.27. The molecule has 1 amide bonds. The van der Waals surface area contributed by atoms with E-state index in [1.807, 2.05) is 62.7 Å². The van der Waals surface area contributed by atoms with Crippen molar-refractivity contribution in [3.63, 3.8) is 0 Å². The molecule has 28 heavy (non-hydrogen) atoms. The van der Waals surface area contributed by atoms with Crippen molar-refractivity contribution in [2.75, 3.05) is 4.90 Å². The van der Waals surface area contributed by atoms with Crippen molar-refractivity contribution in [3.05, 3.63) is 53.7 Å². The molecule has 0 atom stereocenters. The third-order valence-corrected chi connectivity index (χ3v) is 5.25. The Morgan fingerprint density at radius 3 is 2.46 bits per heavy atom. The molecule has 6 heteroatoms. The Hall–Kier alpha value is -2.73. The molecule has 1 aromatic carbocycles. The van der Waals surface area contributed by atoms with Gasteiger partial charge in [-0.3, -0.25) is 9.88 Å². The van der Waals surface area contributed by atoms with Crippen molar-refractivity contribution in [1.29, 1.82) is 0 Å². The second-order valence-corrected chi connectivity index (χ2v) is 8.52. The van der Waals surface area contributed by atoms with Gasteiger partial charge in [0.15, 0.2) is 0 Å². The van der Waals surface area contributed by atoms with E-state index in [9.17, 15) is 9.90 Å². The molecule has 146 valence electrons. The summed E-state index contributed by atoms with van der Waals surface area (Å²) in [5.74, 6) is 0. The number of hydrogen-bond acceptors (Lipinski definition) is 4. The van der Waals surface area contributed by atoms with Crippen LogP contribution in [0.5, 0.6) is 0 Å². The third kappa shape index (κ3) is 4.39. The first-order valence-corrected chi connectivity index (χ1v) is 10.2. The fraction of sp³-hybridized carbons (Fsp3) is 0.318. The Kier molecular flexibility index (Phi) is 5.79. The number of nitrogens with zero attached hydrogens (tertiary/aromatic N) is 3. The quantitative estimate of drug-likeness (QED) is 0.566. The summed E-state index contributed by atoms with van der Waals surface area (Å²) in [7, 11) is 0. The minimum atomic E-state index is -0.961. The Bertz CT molecular complexity index is 958. The van der Waals surface area contributed by atoms with E-state index in [4.69, 9.17) is 4.98 Å². The maximum absolute atomic E-state index is 11.6. The first kappa shape index (κ1) is 20.0. The lowest BCUT2D eigenvalue weighted by molar-refractivity contribution is 0.195. The average Bonchev–Trinajstić information content (AvgIpc) is 3.11. The molecule has 5 nitrogen and oxygen atoms in total. The van der Waals surface area contributed by atoms with Crippen LogP contribution in [0.1, 0.15) is 39.8 Å². The number of rotatable bonds is 5. The lowest BCUT2D eigenvalue weighted by Crippen LogP contribution is -2.45. The van der Waals surface area contributed by atoms with Crippen LogP contribution in [-0.4, -0.2) is 26.7 Å². The molecule has 0 aliphatic rings. The van der Waals surface area contributed by atoms with Crippen LogP contribution in [0.25, 0.3) is 21.8 Å². The fourth-order valence-electron chi connectivity index (χ4n) is 3.11. The van der Waals surface area contributed by atoms with E-state index in [1.165, 1.54) is 4.90 Å². The molecule has 1 N–H and O–H groups in total. The third-order valence-electron chi connectivity index (χ3n) is 4.36. The molecule has 2 aromatic heterocycles. The van der Waals surface area contributed by atoms with Gasteiger partial charge in [0.05, 0.1) is 5.69 Å². The summed E-state index contributed by atoms with van der Waals surface area (Å²) in [6, 6.07) is 11.6. The molecule has 0 radical (unpaired) electrons. The maximum Gasteiger partial charge on any atom is 0.412 e. The summed E-state index contributed by atoms with van der Waals surface area (Å²) in [4.78, 5) is 22.2. The van der Waals surface area contributed by atoms with Gasteiger partial charge in [-0.15, -0.1) is 11.3 Å². The smallest absolute Gasteiger partial charge is 0.412 e. The number of aromatic nitrogens is 2. The molecule has 0 saturated heterocycles. The van der Waals surface area contributed by atoms with E-state index in [1.54, 1.807) is 11.3 Å². The maximum atomic E-state index is 11.6. The van der Waals surface area contributed by atoms with E-state index >= 15 is 0 Å². The highest BCUT2D eigenvalue weighted by molar-refractivity contribution is 7.13. The van der Waals surface area contributed by atoms with Crippen LogP contribution in [0.2, 0.25) is 0 Å². The lowest BCUT2D eigenvalue weighted by Gasteiger charge is -2.33. The summed E-state index contributed by atoms with van der Waals surface area (Å²) in [6.07, 6.45) is 2.90. The predicted molar refractivity (Wildman–Crippen MR) is 115 cm³/mol. The van der Waals surface area contributed by atoms with E-state index in [0.717, 1.165) is 40.4 Å². The largest absolute Gasteiger partial charge is 0.465 e. The number of carbonyl (C=O) groups is 1. The minimum absolute atomic E-state index is 0.515. The van der Waals surface area contributed by atoms with Crippen molar-refractivity contribution < 1.29 is 9.90 Å². The highest BCUT2D eigenvalue weighted by Crippen LogP contribution is 2.31. The Labute approximate surface area is 169 Å². The van der Waals surface area contributed by atoms with E-state index in [-0.39, 0.29) is 0 Å². The molecular formula is C22H25N3O2S. The number of pyridine rings is 1. The molecule has 0 spiro atoms. The van der Waals surface area contributed by atoms with Crippen molar-refractivity contribution in [2.45, 2.75) is 46.1 Å². The van der Waals surface area contributed by atoms with Crippen LogP contribution in [-0.2, 0) is 6.42 Å². The molecule has 3 rings (SSSR count). The second-order valence-electron chi connectivity index (χ2n) is 7.66. The Balaban J connectivity index is 1.86. The molecular weight excluding hydrogens is 370 g/mol. The second kappa shape index (κ2) is 8.10. The first-order valence-electron chi connectivity index (χ1n) is 9.34. The number of benzene rings is 1. The molecule has 0 saturated carbocycles. The van der Waals surface area contributed by atoms with Gasteiger partial charge in [0.1, 0.15) is 5.01 Å². The van der Waals surface area contributed by atoms with Gasteiger partial charge in [-0.2, -0.15) is 0 Å². The number of aryl methyl sites for hydroxylation is 1. The van der Waals surface area contributed by atoms with Crippen molar-refractivity contribution >= 4 is 23.1 Å². The van der Waals surface area contributed by atoms with Crippen LogP contribution >= 0.6 is 11.3 Å². The lowest BCUT2D eigenvalue weighted by atomic mass is 10.0. The van der Waals surface area contributed by atoms with Crippen LogP contribution < -0.4 is 4.90 Å². The molecule has 0 bridgehead atoms. The number of anilines is 1. The van der Waals surface area contributed by atoms with Gasteiger partial charge in [0.25, 0.3) is 0 Å². The molecule has 0 aliphatic heterocycles. The predicted octanol–water partition coefficient (Wildman–Crippen LogP) is 6.11. The van der Waals surface area contributed by atoms with Gasteiger partial charge in [-0.05, 0) is 51.5 Å². The summed E-state index contributed by atoms with van der Waals surface area (Å²) >= 11 is 1.60. The molecule has 0 fully saturated rings. The van der Waals surface area contributed by atoms with Gasteiger partial charge < -0.3 is 5.11 Å². The van der Waals surface area contributed by atoms with E-state index < -0.39 is 11.6 Å². The fourth-order valence-corrected chi connectivity index (χ4v) is 3.94. The SMILES string of the molecule is CCCc1cc(-c2nc(-c3ccc(N(C(=O)O)C(C)(C)C)cc3)cs2)ccn1. The van der Waals surface area contributed by atoms with Crippen LogP contribution in [0, 0.1) is 0 Å². The summed E-state index contributed by atoms with van der Waals surface area (Å²) in [5.41, 5.74) is 4.15. The zero-order valence-electron chi connectivity index (χ0n) is 16.6. The zero-order chi connectivity index (χ0) is 20.3. The van der Waals surface area contributed by atoms with Crippen LogP contribution in [0.3, 0.4) is 0 Å². The van der Waals surface area contributed by atoms with Crippen LogP contribution in [0.15, 0.2) is 48.0 Å². The number of hydrogen-bond donors (Lipinski definition) is 1. The topological polar surface area (TPSA) is 66.3 Å². The van der Waals surface area contributed by atoms with Gasteiger partial charge in [-0.1, -0.05) is 25.5 Å². The molecule has 2 heterocycles. The minimum Gasteiger partial charge on any atom is -0.465 e. The Morgan fingerprint density at radius 2 is 1.86 bits per heavy atom. The van der Waals surface area contributed by atoms with Gasteiger partial charge in [0, 0.05) is 39.6 Å². The van der Waals surface area contributed by atoms with Crippen molar-refractivity contribution in [1.82, 2.24) is 9.97 Å². The zero-order valence-corrected chi connectivity index (χ0v) is 17.5. The first-order chi connectivity index (χ1) is 13.3. The van der Waals surface area contributed by atoms with Crippen LogP contribution in [0.4, 0.5) is 10.5 Å². The van der Waals surface area contributed by atoms with E-state index in [0.29, 0.717) is 5.69 Å². The average molecular weight is 396 g/mol. The van der Waals surface area contributed by atoms with E-state index in [2.05, 4.69) is 18.0 Å². The number of amides is 1. The van der Waals surface area contributed by atoms with Gasteiger partial charge in [0.2, 0.25) is 0 Å². The Morgan fingerprint density at radius 1 is 1.14 bits per heavy atom. The highest BCUT2D eigenvalue weighted by atomic mass is 32.1. The summed E-state index contributed by atoms with van der Waals surface area (Å²) in [6.45, 7) is 7.78. The summed E-state index contributed by atoms with van der Waals surface area (Å²) < 4.78 is 0. The molecule has 0 aliphatic carbocycles. The number of thiazole rings is 1. The molecule has 3 aromatic rings.